The Bertz CT molecular complexity index is 399. The molecule has 0 aromatic heterocycles. The van der Waals surface area contributed by atoms with Crippen LogP contribution < -0.4 is 4.90 Å². The van der Waals surface area contributed by atoms with E-state index in [2.05, 4.69) is 33.8 Å². The highest BCUT2D eigenvalue weighted by Gasteiger charge is 2.23. The molecular formula is C15H22BrNO. The zero-order valence-corrected chi connectivity index (χ0v) is 12.8. The first-order chi connectivity index (χ1) is 8.63. The van der Waals surface area contributed by atoms with Crippen molar-refractivity contribution >= 4 is 21.6 Å². The summed E-state index contributed by atoms with van der Waals surface area (Å²) in [5, 5.41) is 9.61. The van der Waals surface area contributed by atoms with E-state index >= 15 is 0 Å². The molecule has 1 aromatic rings. The van der Waals surface area contributed by atoms with Crippen LogP contribution in [0, 0.1) is 0 Å². The second-order valence-corrected chi connectivity index (χ2v) is 5.97. The number of hydrogen-bond donors (Lipinski definition) is 1. The van der Waals surface area contributed by atoms with Gasteiger partial charge in [0.2, 0.25) is 0 Å². The Labute approximate surface area is 118 Å². The van der Waals surface area contributed by atoms with Crippen LogP contribution >= 0.6 is 15.9 Å². The maximum Gasteiger partial charge on any atom is 0.0762 e. The molecule has 0 aliphatic heterocycles. The Morgan fingerprint density at radius 3 is 2.56 bits per heavy atom. The van der Waals surface area contributed by atoms with Gasteiger partial charge in [-0.2, -0.15) is 0 Å². The first-order valence-electron chi connectivity index (χ1n) is 6.87. The monoisotopic (exact) mass is 311 g/mol. The molecule has 100 valence electrons. The lowest BCUT2D eigenvalue weighted by Crippen LogP contribution is -2.33. The number of benzene rings is 1. The van der Waals surface area contributed by atoms with Gasteiger partial charge in [-0.3, -0.25) is 0 Å². The molecule has 1 aliphatic carbocycles. The molecule has 0 spiro atoms. The third-order valence-electron chi connectivity index (χ3n) is 3.87. The summed E-state index contributed by atoms with van der Waals surface area (Å²) >= 11 is 3.65. The van der Waals surface area contributed by atoms with Crippen LogP contribution in [0.5, 0.6) is 0 Å². The van der Waals surface area contributed by atoms with Crippen molar-refractivity contribution in [3.8, 4) is 0 Å². The summed E-state index contributed by atoms with van der Waals surface area (Å²) in [7, 11) is 0. The zero-order valence-electron chi connectivity index (χ0n) is 11.2. The highest BCUT2D eigenvalue weighted by atomic mass is 79.9. The minimum atomic E-state index is -0.406. The molecule has 1 unspecified atom stereocenters. The van der Waals surface area contributed by atoms with Crippen LogP contribution in [0.2, 0.25) is 0 Å². The lowest BCUT2D eigenvalue weighted by Gasteiger charge is -2.31. The zero-order chi connectivity index (χ0) is 13.1. The Kier molecular flexibility index (Phi) is 4.68. The van der Waals surface area contributed by atoms with Gasteiger partial charge >= 0.3 is 0 Å². The van der Waals surface area contributed by atoms with E-state index in [1.165, 1.54) is 31.4 Å². The quantitative estimate of drug-likeness (QED) is 0.897. The minimum Gasteiger partial charge on any atom is -0.389 e. The van der Waals surface area contributed by atoms with E-state index in [1.54, 1.807) is 6.92 Å². The molecule has 1 aromatic carbocycles. The molecule has 1 fully saturated rings. The fourth-order valence-electron chi connectivity index (χ4n) is 2.86. The minimum absolute atomic E-state index is 0.406. The van der Waals surface area contributed by atoms with Gasteiger partial charge in [0.1, 0.15) is 0 Å². The van der Waals surface area contributed by atoms with Crippen molar-refractivity contribution in [2.45, 2.75) is 51.7 Å². The van der Waals surface area contributed by atoms with Crippen molar-refractivity contribution in [3.05, 3.63) is 28.2 Å². The lowest BCUT2D eigenvalue weighted by molar-refractivity contribution is 0.199. The molecule has 2 rings (SSSR count). The fraction of sp³-hybridized carbons (Fsp3) is 0.600. The lowest BCUT2D eigenvalue weighted by atomic mass is 10.1. The van der Waals surface area contributed by atoms with Gasteiger partial charge in [0, 0.05) is 17.1 Å². The first kappa shape index (κ1) is 13.9. The topological polar surface area (TPSA) is 23.5 Å². The number of rotatable bonds is 4. The molecule has 0 bridgehead atoms. The summed E-state index contributed by atoms with van der Waals surface area (Å²) in [6.07, 6.45) is 4.91. The number of hydrogen-bond acceptors (Lipinski definition) is 2. The van der Waals surface area contributed by atoms with Gasteiger partial charge in [0.25, 0.3) is 0 Å². The van der Waals surface area contributed by atoms with Crippen LogP contribution in [0.1, 0.15) is 51.2 Å². The summed E-state index contributed by atoms with van der Waals surface area (Å²) < 4.78 is 1.09. The van der Waals surface area contributed by atoms with Crippen LogP contribution in [0.4, 0.5) is 5.69 Å². The van der Waals surface area contributed by atoms with Crippen molar-refractivity contribution in [3.63, 3.8) is 0 Å². The molecule has 1 saturated carbocycles. The number of halogens is 1. The van der Waals surface area contributed by atoms with Crippen molar-refractivity contribution < 1.29 is 5.11 Å². The van der Waals surface area contributed by atoms with Gasteiger partial charge in [-0.15, -0.1) is 0 Å². The average molecular weight is 312 g/mol. The van der Waals surface area contributed by atoms with E-state index < -0.39 is 6.10 Å². The molecule has 0 heterocycles. The maximum absolute atomic E-state index is 9.61. The van der Waals surface area contributed by atoms with E-state index in [4.69, 9.17) is 0 Å². The Morgan fingerprint density at radius 1 is 1.39 bits per heavy atom. The third kappa shape index (κ3) is 2.89. The van der Waals surface area contributed by atoms with Crippen molar-refractivity contribution in [2.75, 3.05) is 11.4 Å². The predicted molar refractivity (Wildman–Crippen MR) is 80.1 cm³/mol. The average Bonchev–Trinajstić information content (AvgIpc) is 2.85. The van der Waals surface area contributed by atoms with Gasteiger partial charge in [0.05, 0.1) is 11.8 Å². The van der Waals surface area contributed by atoms with E-state index in [0.717, 1.165) is 16.6 Å². The molecule has 2 nitrogen and oxygen atoms in total. The van der Waals surface area contributed by atoms with Gasteiger partial charge in [0.15, 0.2) is 0 Å². The van der Waals surface area contributed by atoms with Crippen LogP contribution in [0.15, 0.2) is 22.7 Å². The summed E-state index contributed by atoms with van der Waals surface area (Å²) in [5.41, 5.74) is 2.22. The maximum atomic E-state index is 9.61. The van der Waals surface area contributed by atoms with Crippen molar-refractivity contribution in [1.82, 2.24) is 0 Å². The van der Waals surface area contributed by atoms with Crippen LogP contribution in [-0.2, 0) is 0 Å². The van der Waals surface area contributed by atoms with Crippen LogP contribution in [0.25, 0.3) is 0 Å². The Hall–Kier alpha value is -0.540. The van der Waals surface area contributed by atoms with Gasteiger partial charge in [-0.05, 0) is 60.3 Å². The standard InChI is InChI=1S/C15H22BrNO/c1-3-17(13-6-4-5-7-13)15-9-8-12(11(2)18)10-14(15)16/h8-11,13,18H,3-7H2,1-2H3. The summed E-state index contributed by atoms with van der Waals surface area (Å²) in [4.78, 5) is 2.49. The Morgan fingerprint density at radius 2 is 2.06 bits per heavy atom. The number of aliphatic hydroxyl groups is 1. The predicted octanol–water partition coefficient (Wildman–Crippen LogP) is 4.27. The molecule has 1 aliphatic rings. The molecule has 0 radical (unpaired) electrons. The normalized spacial score (nSPS) is 18.0. The van der Waals surface area contributed by atoms with Crippen molar-refractivity contribution in [2.24, 2.45) is 0 Å². The summed E-state index contributed by atoms with van der Waals surface area (Å²) in [6, 6.07) is 6.89. The molecule has 3 heteroatoms. The largest absolute Gasteiger partial charge is 0.389 e. The Balaban J connectivity index is 2.25. The highest BCUT2D eigenvalue weighted by Crippen LogP contribution is 2.34. The molecular weight excluding hydrogens is 290 g/mol. The smallest absolute Gasteiger partial charge is 0.0762 e. The van der Waals surface area contributed by atoms with E-state index in [1.807, 2.05) is 12.1 Å². The number of aliphatic hydroxyl groups excluding tert-OH is 1. The molecule has 0 amide bonds. The van der Waals surface area contributed by atoms with Crippen LogP contribution in [-0.4, -0.2) is 17.7 Å². The SMILES string of the molecule is CCN(c1ccc(C(C)O)cc1Br)C1CCCC1. The third-order valence-corrected chi connectivity index (χ3v) is 4.50. The van der Waals surface area contributed by atoms with Gasteiger partial charge in [-0.1, -0.05) is 18.9 Å². The van der Waals surface area contributed by atoms with Crippen LogP contribution in [0.3, 0.4) is 0 Å². The van der Waals surface area contributed by atoms with E-state index in [9.17, 15) is 5.11 Å². The molecule has 1 atom stereocenters. The molecule has 1 N–H and O–H groups in total. The van der Waals surface area contributed by atoms with Gasteiger partial charge in [-0.25, -0.2) is 0 Å². The second kappa shape index (κ2) is 6.07. The summed E-state index contributed by atoms with van der Waals surface area (Å²) in [6.45, 7) is 5.06. The van der Waals surface area contributed by atoms with Crippen molar-refractivity contribution in [1.29, 1.82) is 0 Å². The van der Waals surface area contributed by atoms with E-state index in [0.29, 0.717) is 6.04 Å². The van der Waals surface area contributed by atoms with E-state index in [-0.39, 0.29) is 0 Å². The highest BCUT2D eigenvalue weighted by molar-refractivity contribution is 9.10. The second-order valence-electron chi connectivity index (χ2n) is 5.11. The summed E-state index contributed by atoms with van der Waals surface area (Å²) in [5.74, 6) is 0. The number of nitrogens with zero attached hydrogens (tertiary/aromatic N) is 1. The number of anilines is 1. The first-order valence-corrected chi connectivity index (χ1v) is 7.67. The molecule has 0 saturated heterocycles. The van der Waals surface area contributed by atoms with Gasteiger partial charge < -0.3 is 10.0 Å². The fourth-order valence-corrected chi connectivity index (χ4v) is 3.48. The molecule has 18 heavy (non-hydrogen) atoms.